The largest absolute Gasteiger partial charge is 0.366 e. The first kappa shape index (κ1) is 21.5. The molecule has 0 aliphatic carbocycles. The van der Waals surface area contributed by atoms with Crippen LogP contribution in [0.1, 0.15) is 47.2 Å². The Hall–Kier alpha value is 0.430. The summed E-state index contributed by atoms with van der Waals surface area (Å²) in [5.41, 5.74) is 7.87. The number of nitrogens with two attached hydrogens (primary N) is 1. The summed E-state index contributed by atoms with van der Waals surface area (Å²) in [5, 5.41) is 0. The van der Waals surface area contributed by atoms with E-state index in [9.17, 15) is 4.79 Å². The van der Waals surface area contributed by atoms with Crippen molar-refractivity contribution < 1.29 is 4.79 Å². The molecule has 1 amide bonds. The smallest absolute Gasteiger partial charge is 0.248 e. The van der Waals surface area contributed by atoms with Gasteiger partial charge < -0.3 is 5.73 Å². The maximum atomic E-state index is 11.3. The van der Waals surface area contributed by atoms with Gasteiger partial charge in [0.2, 0.25) is 5.91 Å². The Morgan fingerprint density at radius 3 is 1.78 bits per heavy atom. The number of hydrogen-bond donors (Lipinski definition) is 1. The SMILES string of the molecule is NC(=O)c1ccc(CCCC(Cl)(Cl)Cl)c(CCCC(Cl)(Cl)Cl)c1. The molecule has 1 rings (SSSR count). The van der Waals surface area contributed by atoms with E-state index in [4.69, 9.17) is 75.3 Å². The molecule has 23 heavy (non-hydrogen) atoms. The molecule has 0 saturated carbocycles. The molecule has 1 aromatic carbocycles. The molecule has 1 aromatic rings. The van der Waals surface area contributed by atoms with Crippen molar-refractivity contribution in [2.45, 2.75) is 46.1 Å². The van der Waals surface area contributed by atoms with E-state index in [0.29, 0.717) is 37.7 Å². The van der Waals surface area contributed by atoms with Crippen molar-refractivity contribution >= 4 is 75.5 Å². The summed E-state index contributed by atoms with van der Waals surface area (Å²) in [6.07, 6.45) is 3.67. The van der Waals surface area contributed by atoms with Gasteiger partial charge in [-0.1, -0.05) is 75.7 Å². The summed E-state index contributed by atoms with van der Waals surface area (Å²) in [6, 6.07) is 5.36. The van der Waals surface area contributed by atoms with E-state index in [2.05, 4.69) is 0 Å². The third kappa shape index (κ3) is 9.48. The molecule has 0 aliphatic rings. The summed E-state index contributed by atoms with van der Waals surface area (Å²) in [7, 11) is 0. The molecule has 0 radical (unpaired) electrons. The van der Waals surface area contributed by atoms with Gasteiger partial charge in [-0.05, 0) is 61.8 Å². The van der Waals surface area contributed by atoms with E-state index in [0.717, 1.165) is 17.5 Å². The normalized spacial score (nSPS) is 12.4. The molecular weight excluding hydrogens is 423 g/mol. The van der Waals surface area contributed by atoms with Crippen molar-refractivity contribution in [3.05, 3.63) is 34.9 Å². The molecule has 0 fully saturated rings. The van der Waals surface area contributed by atoms with Gasteiger partial charge in [0.25, 0.3) is 0 Å². The van der Waals surface area contributed by atoms with Crippen molar-refractivity contribution in [3.63, 3.8) is 0 Å². The Morgan fingerprint density at radius 1 is 0.870 bits per heavy atom. The van der Waals surface area contributed by atoms with E-state index in [-0.39, 0.29) is 0 Å². The van der Waals surface area contributed by atoms with Crippen molar-refractivity contribution in [3.8, 4) is 0 Å². The van der Waals surface area contributed by atoms with Crippen LogP contribution in [0, 0.1) is 0 Å². The maximum absolute atomic E-state index is 11.3. The van der Waals surface area contributed by atoms with Gasteiger partial charge in [0.15, 0.2) is 7.59 Å². The van der Waals surface area contributed by atoms with Crippen molar-refractivity contribution in [2.24, 2.45) is 5.73 Å². The molecule has 0 atom stereocenters. The topological polar surface area (TPSA) is 43.1 Å². The van der Waals surface area contributed by atoms with Crippen LogP contribution in [0.5, 0.6) is 0 Å². The highest BCUT2D eigenvalue weighted by atomic mass is 35.6. The van der Waals surface area contributed by atoms with Gasteiger partial charge in [0.05, 0.1) is 0 Å². The lowest BCUT2D eigenvalue weighted by Gasteiger charge is -2.15. The van der Waals surface area contributed by atoms with Crippen molar-refractivity contribution in [2.75, 3.05) is 0 Å². The van der Waals surface area contributed by atoms with Crippen molar-refractivity contribution in [1.82, 2.24) is 0 Å². The molecule has 0 aromatic heterocycles. The third-order valence-corrected chi connectivity index (χ3v) is 4.44. The van der Waals surface area contributed by atoms with Crippen LogP contribution in [-0.4, -0.2) is 13.5 Å². The van der Waals surface area contributed by atoms with E-state index in [1.54, 1.807) is 12.1 Å². The summed E-state index contributed by atoms with van der Waals surface area (Å²) >= 11 is 34.6. The Balaban J connectivity index is 2.80. The lowest BCUT2D eigenvalue weighted by Crippen LogP contribution is -2.12. The Kier molecular flexibility index (Phi) is 8.61. The molecule has 0 saturated heterocycles. The fourth-order valence-corrected chi connectivity index (χ4v) is 3.02. The Morgan fingerprint density at radius 2 is 1.35 bits per heavy atom. The van der Waals surface area contributed by atoms with Gasteiger partial charge in [-0.3, -0.25) is 4.79 Å². The lowest BCUT2D eigenvalue weighted by atomic mass is 9.95. The Bertz CT molecular complexity index is 536. The molecule has 0 aliphatic heterocycles. The molecule has 8 heteroatoms. The molecule has 2 N–H and O–H groups in total. The van der Waals surface area contributed by atoms with E-state index < -0.39 is 13.5 Å². The lowest BCUT2D eigenvalue weighted by molar-refractivity contribution is 0.1000. The second-order valence-corrected chi connectivity index (χ2v) is 10.3. The van der Waals surface area contributed by atoms with Crippen LogP contribution >= 0.6 is 69.6 Å². The number of rotatable bonds is 7. The number of aryl methyl sites for hydroxylation is 2. The highest BCUT2D eigenvalue weighted by Gasteiger charge is 2.20. The van der Waals surface area contributed by atoms with Crippen LogP contribution in [0.4, 0.5) is 0 Å². The molecule has 0 bridgehead atoms. The van der Waals surface area contributed by atoms with Gasteiger partial charge in [0.1, 0.15) is 0 Å². The van der Waals surface area contributed by atoms with Crippen LogP contribution in [0.15, 0.2) is 18.2 Å². The minimum absolute atomic E-state index is 0.423. The van der Waals surface area contributed by atoms with Gasteiger partial charge >= 0.3 is 0 Å². The monoisotopic (exact) mass is 437 g/mol. The summed E-state index contributed by atoms with van der Waals surface area (Å²) in [6.45, 7) is 0. The third-order valence-electron chi connectivity index (χ3n) is 3.30. The summed E-state index contributed by atoms with van der Waals surface area (Å²) in [4.78, 5) is 11.3. The van der Waals surface area contributed by atoms with Gasteiger partial charge in [-0.25, -0.2) is 0 Å². The maximum Gasteiger partial charge on any atom is 0.248 e. The zero-order chi connectivity index (χ0) is 17.7. The van der Waals surface area contributed by atoms with Crippen molar-refractivity contribution in [1.29, 1.82) is 0 Å². The molecule has 2 nitrogen and oxygen atoms in total. The number of hydrogen-bond acceptors (Lipinski definition) is 1. The molecular formula is C15H17Cl6NO. The number of carbonyl (C=O) groups is 1. The number of primary amides is 1. The minimum atomic E-state index is -1.28. The van der Waals surface area contributed by atoms with Crippen LogP contribution in [0.25, 0.3) is 0 Å². The van der Waals surface area contributed by atoms with Crippen LogP contribution in [0.3, 0.4) is 0 Å². The van der Waals surface area contributed by atoms with Crippen LogP contribution in [0.2, 0.25) is 0 Å². The van der Waals surface area contributed by atoms with E-state index in [1.807, 2.05) is 6.07 Å². The summed E-state index contributed by atoms with van der Waals surface area (Å²) < 4.78 is -2.54. The number of benzene rings is 1. The Labute approximate surface area is 166 Å². The quantitative estimate of drug-likeness (QED) is 0.507. The average molecular weight is 440 g/mol. The zero-order valence-corrected chi connectivity index (χ0v) is 16.8. The second kappa shape index (κ2) is 9.22. The first-order valence-electron chi connectivity index (χ1n) is 7.03. The van der Waals surface area contributed by atoms with E-state index >= 15 is 0 Å². The second-order valence-electron chi connectivity index (χ2n) is 5.29. The predicted octanol–water partition coefficient (Wildman–Crippen LogP) is 6.17. The molecule has 130 valence electrons. The number of halogens is 6. The highest BCUT2D eigenvalue weighted by molar-refractivity contribution is 6.67. The van der Waals surface area contributed by atoms with Gasteiger partial charge in [0, 0.05) is 5.56 Å². The standard InChI is InChI=1S/C15H17Cl6NO/c16-14(17,18)7-1-3-10-5-6-12(13(22)23)9-11(10)4-2-8-15(19,20)21/h5-6,9H,1-4,7-8H2,(H2,22,23). The highest BCUT2D eigenvalue weighted by Crippen LogP contribution is 2.33. The first-order valence-corrected chi connectivity index (χ1v) is 9.30. The fourth-order valence-electron chi connectivity index (χ4n) is 2.21. The molecule has 0 heterocycles. The first-order chi connectivity index (χ1) is 10.5. The van der Waals surface area contributed by atoms with Gasteiger partial charge in [-0.15, -0.1) is 0 Å². The number of alkyl halides is 6. The zero-order valence-electron chi connectivity index (χ0n) is 12.2. The van der Waals surface area contributed by atoms with Gasteiger partial charge in [-0.2, -0.15) is 0 Å². The van der Waals surface area contributed by atoms with E-state index in [1.165, 1.54) is 0 Å². The minimum Gasteiger partial charge on any atom is -0.366 e. The number of amides is 1. The molecule has 0 spiro atoms. The van der Waals surface area contributed by atoms with Crippen LogP contribution in [-0.2, 0) is 12.8 Å². The summed E-state index contributed by atoms with van der Waals surface area (Å²) in [5.74, 6) is -0.472. The number of carbonyl (C=O) groups excluding carboxylic acids is 1. The predicted molar refractivity (Wildman–Crippen MR) is 101 cm³/mol. The fraction of sp³-hybridized carbons (Fsp3) is 0.533. The van der Waals surface area contributed by atoms with Crippen LogP contribution < -0.4 is 5.73 Å². The average Bonchev–Trinajstić information content (AvgIpc) is 2.37. The molecule has 0 unspecified atom stereocenters.